The van der Waals surface area contributed by atoms with Gasteiger partial charge in [0.1, 0.15) is 6.54 Å². The summed E-state index contributed by atoms with van der Waals surface area (Å²) in [4.78, 5) is 25.8. The van der Waals surface area contributed by atoms with Gasteiger partial charge >= 0.3 is 0 Å². The third-order valence-corrected chi connectivity index (χ3v) is 3.84. The molecule has 0 unspecified atom stereocenters. The van der Waals surface area contributed by atoms with Crippen molar-refractivity contribution in [3.8, 4) is 0 Å². The van der Waals surface area contributed by atoms with Crippen molar-refractivity contribution >= 4 is 23.2 Å². The molecule has 4 nitrogen and oxygen atoms in total. The van der Waals surface area contributed by atoms with Gasteiger partial charge in [0.15, 0.2) is 0 Å². The van der Waals surface area contributed by atoms with Crippen LogP contribution in [-0.4, -0.2) is 18.4 Å². The molecule has 0 bridgehead atoms. The van der Waals surface area contributed by atoms with E-state index in [9.17, 15) is 9.59 Å². The Bertz CT molecular complexity index is 716. The molecule has 2 aromatic carbocycles. The van der Waals surface area contributed by atoms with Crippen LogP contribution in [-0.2, 0) is 16.0 Å². The van der Waals surface area contributed by atoms with Crippen molar-refractivity contribution in [3.05, 3.63) is 59.2 Å². The molecule has 4 heteroatoms. The Kier molecular flexibility index (Phi) is 5.74. The molecular formula is C20H24N2O2. The molecule has 0 aromatic heterocycles. The van der Waals surface area contributed by atoms with Crippen molar-refractivity contribution in [1.82, 2.24) is 0 Å². The Morgan fingerprint density at radius 2 is 1.58 bits per heavy atom. The highest BCUT2D eigenvalue weighted by Crippen LogP contribution is 2.17. The monoisotopic (exact) mass is 324 g/mol. The SMILES string of the molecule is CCc1ccc(N(CC(=O)Nc2cc(C)cc(C)c2)C(C)=O)cc1. The van der Waals surface area contributed by atoms with E-state index < -0.39 is 0 Å². The summed E-state index contributed by atoms with van der Waals surface area (Å²) in [5.41, 5.74) is 4.85. The molecule has 2 aromatic rings. The molecule has 1 N–H and O–H groups in total. The van der Waals surface area contributed by atoms with Crippen LogP contribution in [0.1, 0.15) is 30.5 Å². The molecule has 0 saturated heterocycles. The highest BCUT2D eigenvalue weighted by Gasteiger charge is 2.16. The van der Waals surface area contributed by atoms with Crippen LogP contribution in [0.4, 0.5) is 11.4 Å². The van der Waals surface area contributed by atoms with Gasteiger partial charge in [-0.2, -0.15) is 0 Å². The molecule has 0 aliphatic carbocycles. The summed E-state index contributed by atoms with van der Waals surface area (Å²) in [5.74, 6) is -0.371. The number of benzene rings is 2. The quantitative estimate of drug-likeness (QED) is 0.908. The summed E-state index contributed by atoms with van der Waals surface area (Å²) in [7, 11) is 0. The third-order valence-electron chi connectivity index (χ3n) is 3.84. The lowest BCUT2D eigenvalue weighted by atomic mass is 10.1. The minimum atomic E-state index is -0.213. The zero-order chi connectivity index (χ0) is 17.7. The minimum Gasteiger partial charge on any atom is -0.325 e. The molecular weight excluding hydrogens is 300 g/mol. The average molecular weight is 324 g/mol. The molecule has 0 heterocycles. The zero-order valence-electron chi connectivity index (χ0n) is 14.7. The van der Waals surface area contributed by atoms with E-state index in [2.05, 4.69) is 12.2 Å². The van der Waals surface area contributed by atoms with Crippen LogP contribution >= 0.6 is 0 Å². The fourth-order valence-corrected chi connectivity index (χ4v) is 2.69. The van der Waals surface area contributed by atoms with Crippen LogP contribution in [0.3, 0.4) is 0 Å². The van der Waals surface area contributed by atoms with Crippen molar-refractivity contribution < 1.29 is 9.59 Å². The van der Waals surface area contributed by atoms with Crippen LogP contribution in [0.5, 0.6) is 0 Å². The van der Waals surface area contributed by atoms with E-state index in [1.807, 2.05) is 56.3 Å². The summed E-state index contributed by atoms with van der Waals surface area (Å²) in [6, 6.07) is 13.6. The summed E-state index contributed by atoms with van der Waals surface area (Å²) >= 11 is 0. The standard InChI is InChI=1S/C20H24N2O2/c1-5-17-6-8-19(9-7-17)22(16(4)23)13-20(24)21-18-11-14(2)10-15(3)12-18/h6-12H,5,13H2,1-4H3,(H,21,24). The van der Waals surface area contributed by atoms with Crippen molar-refractivity contribution in [1.29, 1.82) is 0 Å². The molecule has 2 amide bonds. The molecule has 126 valence electrons. The lowest BCUT2D eigenvalue weighted by molar-refractivity contribution is -0.120. The predicted molar refractivity (Wildman–Crippen MR) is 98.4 cm³/mol. The van der Waals surface area contributed by atoms with Gasteiger partial charge in [-0.05, 0) is 61.2 Å². The molecule has 0 aliphatic heterocycles. The smallest absolute Gasteiger partial charge is 0.244 e. The van der Waals surface area contributed by atoms with Crippen LogP contribution in [0.25, 0.3) is 0 Å². The van der Waals surface area contributed by atoms with Gasteiger partial charge in [0.2, 0.25) is 11.8 Å². The Morgan fingerprint density at radius 3 is 2.08 bits per heavy atom. The van der Waals surface area contributed by atoms with Gasteiger partial charge in [0.25, 0.3) is 0 Å². The highest BCUT2D eigenvalue weighted by atomic mass is 16.2. The first kappa shape index (κ1) is 17.7. The van der Waals surface area contributed by atoms with Crippen molar-refractivity contribution in [2.75, 3.05) is 16.8 Å². The Balaban J connectivity index is 2.11. The molecule has 0 spiro atoms. The van der Waals surface area contributed by atoms with Gasteiger partial charge in [-0.25, -0.2) is 0 Å². The van der Waals surface area contributed by atoms with Gasteiger partial charge in [-0.15, -0.1) is 0 Å². The first-order chi connectivity index (χ1) is 11.4. The number of carbonyl (C=O) groups excluding carboxylic acids is 2. The van der Waals surface area contributed by atoms with Crippen LogP contribution < -0.4 is 10.2 Å². The fourth-order valence-electron chi connectivity index (χ4n) is 2.69. The lowest BCUT2D eigenvalue weighted by Gasteiger charge is -2.21. The number of nitrogens with zero attached hydrogens (tertiary/aromatic N) is 1. The molecule has 24 heavy (non-hydrogen) atoms. The first-order valence-electron chi connectivity index (χ1n) is 8.14. The number of amides is 2. The van der Waals surface area contributed by atoms with Gasteiger partial charge < -0.3 is 10.2 Å². The largest absolute Gasteiger partial charge is 0.325 e. The molecule has 0 atom stereocenters. The second kappa shape index (κ2) is 7.77. The van der Waals surface area contributed by atoms with Crippen molar-refractivity contribution in [3.63, 3.8) is 0 Å². The maximum absolute atomic E-state index is 12.3. The second-order valence-electron chi connectivity index (χ2n) is 6.05. The fraction of sp³-hybridized carbons (Fsp3) is 0.300. The van der Waals surface area contributed by atoms with E-state index >= 15 is 0 Å². The predicted octanol–water partition coefficient (Wildman–Crippen LogP) is 3.86. The maximum Gasteiger partial charge on any atom is 0.244 e. The molecule has 0 saturated carbocycles. The minimum absolute atomic E-state index is 0.00616. The number of anilines is 2. The highest BCUT2D eigenvalue weighted by molar-refractivity contribution is 6.01. The van der Waals surface area contributed by atoms with E-state index in [0.29, 0.717) is 0 Å². The number of hydrogen-bond acceptors (Lipinski definition) is 2. The summed E-state index contributed by atoms with van der Waals surface area (Å²) in [6.07, 6.45) is 0.938. The number of carbonyl (C=O) groups is 2. The molecule has 2 rings (SSSR count). The van der Waals surface area contributed by atoms with E-state index in [1.54, 1.807) is 0 Å². The van der Waals surface area contributed by atoms with Gasteiger partial charge in [-0.1, -0.05) is 25.1 Å². The van der Waals surface area contributed by atoms with Crippen molar-refractivity contribution in [2.24, 2.45) is 0 Å². The Labute approximate surface area is 143 Å². The average Bonchev–Trinajstić information content (AvgIpc) is 2.51. The van der Waals surface area contributed by atoms with Crippen molar-refractivity contribution in [2.45, 2.75) is 34.1 Å². The maximum atomic E-state index is 12.3. The van der Waals surface area contributed by atoms with E-state index in [4.69, 9.17) is 0 Å². The Hall–Kier alpha value is -2.62. The van der Waals surface area contributed by atoms with Gasteiger partial charge in [0, 0.05) is 18.3 Å². The van der Waals surface area contributed by atoms with Crippen LogP contribution in [0.2, 0.25) is 0 Å². The summed E-state index contributed by atoms with van der Waals surface area (Å²) < 4.78 is 0. The van der Waals surface area contributed by atoms with Crippen LogP contribution in [0, 0.1) is 13.8 Å². The molecule has 0 aliphatic rings. The van der Waals surface area contributed by atoms with E-state index in [0.717, 1.165) is 28.9 Å². The first-order valence-corrected chi connectivity index (χ1v) is 8.14. The van der Waals surface area contributed by atoms with Gasteiger partial charge in [-0.3, -0.25) is 9.59 Å². The second-order valence-corrected chi connectivity index (χ2v) is 6.05. The topological polar surface area (TPSA) is 49.4 Å². The summed E-state index contributed by atoms with van der Waals surface area (Å²) in [6.45, 7) is 7.51. The molecule has 0 radical (unpaired) electrons. The third kappa shape index (κ3) is 4.69. The van der Waals surface area contributed by atoms with E-state index in [1.165, 1.54) is 17.4 Å². The number of rotatable bonds is 5. The van der Waals surface area contributed by atoms with Gasteiger partial charge in [0.05, 0.1) is 0 Å². The number of nitrogens with one attached hydrogen (secondary N) is 1. The lowest BCUT2D eigenvalue weighted by Crippen LogP contribution is -2.36. The van der Waals surface area contributed by atoms with E-state index in [-0.39, 0.29) is 18.4 Å². The number of hydrogen-bond donors (Lipinski definition) is 1. The Morgan fingerprint density at radius 1 is 1.00 bits per heavy atom. The van der Waals surface area contributed by atoms with Crippen LogP contribution in [0.15, 0.2) is 42.5 Å². The zero-order valence-corrected chi connectivity index (χ0v) is 14.7. The summed E-state index contributed by atoms with van der Waals surface area (Å²) in [5, 5.41) is 2.87. The molecule has 0 fully saturated rings. The number of aryl methyl sites for hydroxylation is 3. The normalized spacial score (nSPS) is 10.3.